The number of carbonyl (C=O) groups is 2. The largest absolute Gasteiger partial charge is 0.354 e. The maximum atomic E-state index is 13.2. The van der Waals surface area contributed by atoms with E-state index < -0.39 is 0 Å². The summed E-state index contributed by atoms with van der Waals surface area (Å²) in [6.07, 6.45) is 2.02. The van der Waals surface area contributed by atoms with E-state index in [-0.39, 0.29) is 17.9 Å². The lowest BCUT2D eigenvalue weighted by Crippen LogP contribution is -2.35. The van der Waals surface area contributed by atoms with E-state index in [0.717, 1.165) is 21.7 Å². The zero-order valence-electron chi connectivity index (χ0n) is 19.9. The van der Waals surface area contributed by atoms with Crippen LogP contribution in [-0.2, 0) is 11.2 Å². The summed E-state index contributed by atoms with van der Waals surface area (Å²) in [6, 6.07) is 13.6. The third kappa shape index (κ3) is 5.17. The molecule has 2 N–H and O–H groups in total. The van der Waals surface area contributed by atoms with Crippen LogP contribution in [0.1, 0.15) is 45.6 Å². The van der Waals surface area contributed by atoms with Crippen LogP contribution < -0.4 is 10.6 Å². The molecule has 0 saturated heterocycles. The number of nitrogens with one attached hydrogen (secondary N) is 2. The minimum absolute atomic E-state index is 0.0736. The number of hydrogen-bond donors (Lipinski definition) is 2. The summed E-state index contributed by atoms with van der Waals surface area (Å²) in [5.41, 5.74) is 3.97. The van der Waals surface area contributed by atoms with Crippen LogP contribution in [0.25, 0.3) is 22.3 Å². The van der Waals surface area contributed by atoms with Crippen LogP contribution in [-0.4, -0.2) is 39.7 Å². The summed E-state index contributed by atoms with van der Waals surface area (Å²) in [5, 5.41) is 11.0. The lowest BCUT2D eigenvalue weighted by Gasteiger charge is -2.11. The molecule has 34 heavy (non-hydrogen) atoms. The van der Waals surface area contributed by atoms with Crippen LogP contribution in [0.5, 0.6) is 0 Å². The maximum absolute atomic E-state index is 13.2. The molecule has 8 heteroatoms. The predicted molar refractivity (Wildman–Crippen MR) is 136 cm³/mol. The Morgan fingerprint density at radius 2 is 1.79 bits per heavy atom. The number of pyridine rings is 1. The highest BCUT2D eigenvalue weighted by Gasteiger charge is 2.19. The summed E-state index contributed by atoms with van der Waals surface area (Å²) in [4.78, 5) is 32.6. The second-order valence-corrected chi connectivity index (χ2v) is 10.0. The molecule has 0 atom stereocenters. The molecule has 0 aliphatic heterocycles. The molecule has 176 valence electrons. The van der Waals surface area contributed by atoms with Crippen molar-refractivity contribution in [3.05, 3.63) is 69.5 Å². The molecule has 4 aromatic rings. The van der Waals surface area contributed by atoms with Gasteiger partial charge in [-0.3, -0.25) is 9.59 Å². The van der Waals surface area contributed by atoms with Crippen LogP contribution in [0.3, 0.4) is 0 Å². The molecule has 0 bridgehead atoms. The third-order valence-electron chi connectivity index (χ3n) is 5.56. The second kappa shape index (κ2) is 10.2. The lowest BCUT2D eigenvalue weighted by molar-refractivity contribution is -0.120. The quantitative estimate of drug-likeness (QED) is 0.369. The van der Waals surface area contributed by atoms with Gasteiger partial charge in [0.2, 0.25) is 5.91 Å². The molecule has 3 aromatic heterocycles. The molecule has 7 nitrogen and oxygen atoms in total. The van der Waals surface area contributed by atoms with Crippen molar-refractivity contribution < 1.29 is 9.59 Å². The average molecular weight is 476 g/mol. The Balaban J connectivity index is 1.50. The van der Waals surface area contributed by atoms with Crippen molar-refractivity contribution in [1.82, 2.24) is 25.4 Å². The number of hydrogen-bond acceptors (Lipinski definition) is 5. The lowest BCUT2D eigenvalue weighted by atomic mass is 10.1. The molecule has 0 radical (unpaired) electrons. The van der Waals surface area contributed by atoms with Crippen LogP contribution >= 0.6 is 11.3 Å². The summed E-state index contributed by atoms with van der Waals surface area (Å²) in [6.45, 7) is 8.89. The summed E-state index contributed by atoms with van der Waals surface area (Å²) < 4.78 is 1.84. The van der Waals surface area contributed by atoms with Crippen molar-refractivity contribution in [2.75, 3.05) is 13.1 Å². The van der Waals surface area contributed by atoms with E-state index in [1.54, 1.807) is 17.5 Å². The van der Waals surface area contributed by atoms with Crippen molar-refractivity contribution in [1.29, 1.82) is 0 Å². The Morgan fingerprint density at radius 1 is 1.06 bits per heavy atom. The van der Waals surface area contributed by atoms with Gasteiger partial charge in [0.05, 0.1) is 29.3 Å². The standard InChI is InChI=1S/C26H29N5O2S/c1-16(2)31-25-22(15-29-31)21(14-23(30-25)20-12-17(3)34-18(20)4)26(33)28-11-10-27-24(32)13-19-8-6-5-7-9-19/h5-9,12,14-16H,10-11,13H2,1-4H3,(H,27,32)(H,28,33). The maximum Gasteiger partial charge on any atom is 0.252 e. The number of benzene rings is 1. The van der Waals surface area contributed by atoms with Crippen LogP contribution in [0.4, 0.5) is 0 Å². The average Bonchev–Trinajstić information content (AvgIpc) is 3.39. The molecule has 1 aromatic carbocycles. The van der Waals surface area contributed by atoms with Crippen molar-refractivity contribution in [2.24, 2.45) is 0 Å². The molecule has 0 aliphatic carbocycles. The number of thiophene rings is 1. The van der Waals surface area contributed by atoms with Gasteiger partial charge in [0.15, 0.2) is 5.65 Å². The molecule has 0 fully saturated rings. The van der Waals surface area contributed by atoms with E-state index in [4.69, 9.17) is 4.98 Å². The molecule has 0 unspecified atom stereocenters. The zero-order chi connectivity index (χ0) is 24.2. The van der Waals surface area contributed by atoms with E-state index in [0.29, 0.717) is 36.1 Å². The van der Waals surface area contributed by atoms with Crippen molar-refractivity contribution in [3.8, 4) is 11.3 Å². The normalized spacial score (nSPS) is 11.2. The molecule has 0 saturated carbocycles. The SMILES string of the molecule is Cc1cc(-c2cc(C(=O)NCCNC(=O)Cc3ccccc3)c3cnn(C(C)C)c3n2)c(C)s1. The van der Waals surface area contributed by atoms with E-state index in [1.165, 1.54) is 4.88 Å². The van der Waals surface area contributed by atoms with Crippen LogP contribution in [0.15, 0.2) is 48.7 Å². The fourth-order valence-corrected chi connectivity index (χ4v) is 4.86. The van der Waals surface area contributed by atoms with Gasteiger partial charge in [0.25, 0.3) is 5.91 Å². The van der Waals surface area contributed by atoms with Crippen molar-refractivity contribution in [2.45, 2.75) is 40.2 Å². The van der Waals surface area contributed by atoms with Gasteiger partial charge in [-0.1, -0.05) is 30.3 Å². The molecule has 0 spiro atoms. The van der Waals surface area contributed by atoms with Crippen molar-refractivity contribution >= 4 is 34.2 Å². The third-order valence-corrected chi connectivity index (χ3v) is 6.52. The van der Waals surface area contributed by atoms with Gasteiger partial charge in [-0.25, -0.2) is 9.67 Å². The summed E-state index contributed by atoms with van der Waals surface area (Å²) in [7, 11) is 0. The van der Waals surface area contributed by atoms with E-state index in [9.17, 15) is 9.59 Å². The highest BCUT2D eigenvalue weighted by atomic mass is 32.1. The van der Waals surface area contributed by atoms with Crippen LogP contribution in [0.2, 0.25) is 0 Å². The first-order valence-corrected chi connectivity index (χ1v) is 12.2. The molecule has 4 rings (SSSR count). The number of amides is 2. The summed E-state index contributed by atoms with van der Waals surface area (Å²) in [5.74, 6) is -0.283. The van der Waals surface area contributed by atoms with Gasteiger partial charge in [-0.15, -0.1) is 11.3 Å². The van der Waals surface area contributed by atoms with Gasteiger partial charge in [0, 0.05) is 34.4 Å². The van der Waals surface area contributed by atoms with Gasteiger partial charge in [0.1, 0.15) is 0 Å². The van der Waals surface area contributed by atoms with E-state index in [2.05, 4.69) is 35.6 Å². The Hall–Kier alpha value is -3.52. The van der Waals surface area contributed by atoms with Crippen molar-refractivity contribution in [3.63, 3.8) is 0 Å². The van der Waals surface area contributed by atoms with Gasteiger partial charge >= 0.3 is 0 Å². The summed E-state index contributed by atoms with van der Waals surface area (Å²) >= 11 is 1.71. The van der Waals surface area contributed by atoms with Gasteiger partial charge < -0.3 is 10.6 Å². The monoisotopic (exact) mass is 475 g/mol. The zero-order valence-corrected chi connectivity index (χ0v) is 20.7. The Kier molecular flexibility index (Phi) is 7.07. The smallest absolute Gasteiger partial charge is 0.252 e. The Labute approximate surface area is 203 Å². The number of aromatic nitrogens is 3. The van der Waals surface area contributed by atoms with E-state index >= 15 is 0 Å². The Bertz CT molecular complexity index is 1320. The predicted octanol–water partition coefficient (Wildman–Crippen LogP) is 4.45. The van der Waals surface area contributed by atoms with Crippen LogP contribution in [0, 0.1) is 13.8 Å². The number of carbonyl (C=O) groups excluding carboxylic acids is 2. The second-order valence-electron chi connectivity index (χ2n) is 8.57. The molecular formula is C26H29N5O2S. The first-order chi connectivity index (χ1) is 16.3. The molecule has 2 amide bonds. The molecule has 0 aliphatic rings. The van der Waals surface area contributed by atoms with Gasteiger partial charge in [-0.2, -0.15) is 5.10 Å². The fourth-order valence-electron chi connectivity index (χ4n) is 3.92. The van der Waals surface area contributed by atoms with E-state index in [1.807, 2.05) is 54.9 Å². The highest BCUT2D eigenvalue weighted by molar-refractivity contribution is 7.12. The molecular weight excluding hydrogens is 446 g/mol. The fraction of sp³-hybridized carbons (Fsp3) is 0.308. The number of rotatable bonds is 8. The topological polar surface area (TPSA) is 88.9 Å². The first-order valence-electron chi connectivity index (χ1n) is 11.4. The highest BCUT2D eigenvalue weighted by Crippen LogP contribution is 2.32. The minimum atomic E-state index is -0.209. The number of nitrogens with zero attached hydrogens (tertiary/aromatic N) is 3. The Morgan fingerprint density at radius 3 is 2.47 bits per heavy atom. The molecule has 3 heterocycles. The number of aryl methyl sites for hydroxylation is 2. The number of fused-ring (bicyclic) bond motifs is 1. The first kappa shape index (κ1) is 23.6. The minimum Gasteiger partial charge on any atom is -0.354 e. The van der Waals surface area contributed by atoms with Gasteiger partial charge in [-0.05, 0) is 45.4 Å².